The zero-order chi connectivity index (χ0) is 7.61. The van der Waals surface area contributed by atoms with Crippen LogP contribution in [0.1, 0.15) is 19.7 Å². The second-order valence-electron chi connectivity index (χ2n) is 3.00. The monoisotopic (exact) mass is 141 g/mol. The molecule has 0 aromatic carbocycles. The van der Waals surface area contributed by atoms with Crippen molar-refractivity contribution in [2.75, 3.05) is 0 Å². The van der Waals surface area contributed by atoms with Gasteiger partial charge in [-0.25, -0.2) is 0 Å². The molecule has 4 heteroatoms. The van der Waals surface area contributed by atoms with E-state index in [9.17, 15) is 0 Å². The number of nitrogens with two attached hydrogens (primary N) is 1. The Hall–Kier alpha value is -0.900. The van der Waals surface area contributed by atoms with Gasteiger partial charge in [-0.15, -0.1) is 10.2 Å². The van der Waals surface area contributed by atoms with Crippen molar-refractivity contribution < 1.29 is 4.42 Å². The van der Waals surface area contributed by atoms with Crippen LogP contribution < -0.4 is 5.73 Å². The summed E-state index contributed by atoms with van der Waals surface area (Å²) in [7, 11) is 0. The molecule has 0 saturated carbocycles. The number of hydrogen-bond donors (Lipinski definition) is 1. The molecule has 0 aliphatic carbocycles. The van der Waals surface area contributed by atoms with Gasteiger partial charge < -0.3 is 10.2 Å². The van der Waals surface area contributed by atoms with E-state index in [0.717, 1.165) is 0 Å². The van der Waals surface area contributed by atoms with E-state index in [-0.39, 0.29) is 5.54 Å². The maximum atomic E-state index is 5.70. The first-order valence-corrected chi connectivity index (χ1v) is 3.12. The molecule has 0 unspecified atom stereocenters. The van der Waals surface area contributed by atoms with Gasteiger partial charge in [0.05, 0.1) is 0 Å². The SMILES string of the molecule is CC(C)(N)Cc1nnco1. The zero-order valence-electron chi connectivity index (χ0n) is 6.16. The summed E-state index contributed by atoms with van der Waals surface area (Å²) in [4.78, 5) is 0. The van der Waals surface area contributed by atoms with Crippen molar-refractivity contribution in [2.45, 2.75) is 25.8 Å². The molecule has 10 heavy (non-hydrogen) atoms. The van der Waals surface area contributed by atoms with Gasteiger partial charge in [0.2, 0.25) is 12.3 Å². The first-order valence-electron chi connectivity index (χ1n) is 3.12. The summed E-state index contributed by atoms with van der Waals surface area (Å²) in [5.74, 6) is 0.590. The smallest absolute Gasteiger partial charge is 0.218 e. The Morgan fingerprint density at radius 3 is 2.80 bits per heavy atom. The predicted molar refractivity (Wildman–Crippen MR) is 36.3 cm³/mol. The molecular weight excluding hydrogens is 130 g/mol. The standard InChI is InChI=1S/C6H11N3O/c1-6(2,7)3-5-9-8-4-10-5/h4H,3,7H2,1-2H3. The average Bonchev–Trinajstić information content (AvgIpc) is 2.12. The van der Waals surface area contributed by atoms with Gasteiger partial charge in [-0.3, -0.25) is 0 Å². The van der Waals surface area contributed by atoms with Crippen LogP contribution in [0.3, 0.4) is 0 Å². The van der Waals surface area contributed by atoms with Gasteiger partial charge in [0, 0.05) is 12.0 Å². The molecule has 0 aliphatic rings. The highest BCUT2D eigenvalue weighted by atomic mass is 16.4. The molecule has 0 fully saturated rings. The number of nitrogens with zero attached hydrogens (tertiary/aromatic N) is 2. The number of aromatic nitrogens is 2. The van der Waals surface area contributed by atoms with Gasteiger partial charge in [0.1, 0.15) is 0 Å². The van der Waals surface area contributed by atoms with E-state index in [1.807, 2.05) is 13.8 Å². The topological polar surface area (TPSA) is 64.9 Å². The highest BCUT2D eigenvalue weighted by Crippen LogP contribution is 2.05. The molecule has 0 atom stereocenters. The molecule has 1 aromatic heterocycles. The fraction of sp³-hybridized carbons (Fsp3) is 0.667. The molecule has 0 aliphatic heterocycles. The van der Waals surface area contributed by atoms with E-state index in [1.165, 1.54) is 6.39 Å². The summed E-state index contributed by atoms with van der Waals surface area (Å²) in [5, 5.41) is 7.24. The summed E-state index contributed by atoms with van der Waals surface area (Å²) in [5.41, 5.74) is 5.43. The summed E-state index contributed by atoms with van der Waals surface area (Å²) in [6, 6.07) is 0. The average molecular weight is 141 g/mol. The molecule has 1 heterocycles. The predicted octanol–water partition coefficient (Wildman–Crippen LogP) is 0.349. The van der Waals surface area contributed by atoms with E-state index in [0.29, 0.717) is 12.3 Å². The summed E-state index contributed by atoms with van der Waals surface area (Å²) >= 11 is 0. The van der Waals surface area contributed by atoms with Crippen molar-refractivity contribution in [3.8, 4) is 0 Å². The minimum absolute atomic E-state index is 0.271. The minimum Gasteiger partial charge on any atom is -0.428 e. The molecule has 0 saturated heterocycles. The van der Waals surface area contributed by atoms with Gasteiger partial charge in [0.15, 0.2) is 0 Å². The van der Waals surface area contributed by atoms with Gasteiger partial charge >= 0.3 is 0 Å². The lowest BCUT2D eigenvalue weighted by Gasteiger charge is -2.14. The Morgan fingerprint density at radius 2 is 2.40 bits per heavy atom. The Labute approximate surface area is 59.4 Å². The maximum Gasteiger partial charge on any atom is 0.218 e. The van der Waals surface area contributed by atoms with Crippen molar-refractivity contribution in [1.82, 2.24) is 10.2 Å². The van der Waals surface area contributed by atoms with E-state index >= 15 is 0 Å². The van der Waals surface area contributed by atoms with E-state index in [1.54, 1.807) is 0 Å². The minimum atomic E-state index is -0.271. The third kappa shape index (κ3) is 2.14. The van der Waals surface area contributed by atoms with Crippen LogP contribution in [0.5, 0.6) is 0 Å². The Bertz CT molecular complexity index is 187. The lowest BCUT2D eigenvalue weighted by molar-refractivity contribution is 0.418. The number of rotatable bonds is 2. The Kier molecular flexibility index (Phi) is 1.72. The highest BCUT2D eigenvalue weighted by Gasteiger charge is 2.14. The van der Waals surface area contributed by atoms with Crippen LogP contribution >= 0.6 is 0 Å². The molecule has 0 radical (unpaired) electrons. The Balaban J connectivity index is 2.57. The lowest BCUT2D eigenvalue weighted by Crippen LogP contribution is -2.34. The van der Waals surface area contributed by atoms with Crippen LogP contribution in [0.2, 0.25) is 0 Å². The zero-order valence-corrected chi connectivity index (χ0v) is 6.16. The fourth-order valence-corrected chi connectivity index (χ4v) is 0.663. The first kappa shape index (κ1) is 7.21. The van der Waals surface area contributed by atoms with E-state index in [4.69, 9.17) is 10.2 Å². The summed E-state index contributed by atoms with van der Waals surface area (Å²) < 4.78 is 4.91. The quantitative estimate of drug-likeness (QED) is 0.645. The van der Waals surface area contributed by atoms with Gasteiger partial charge in [0.25, 0.3) is 0 Å². The van der Waals surface area contributed by atoms with Gasteiger partial charge in [-0.2, -0.15) is 0 Å². The second kappa shape index (κ2) is 2.38. The van der Waals surface area contributed by atoms with Crippen molar-refractivity contribution in [2.24, 2.45) is 5.73 Å². The molecule has 1 aromatic rings. The van der Waals surface area contributed by atoms with Crippen LogP contribution in [0.4, 0.5) is 0 Å². The molecule has 0 amide bonds. The normalized spacial score (nSPS) is 11.9. The van der Waals surface area contributed by atoms with Gasteiger partial charge in [-0.05, 0) is 13.8 Å². The van der Waals surface area contributed by atoms with Crippen LogP contribution in [0, 0.1) is 0 Å². The van der Waals surface area contributed by atoms with Crippen LogP contribution in [0.25, 0.3) is 0 Å². The van der Waals surface area contributed by atoms with Gasteiger partial charge in [-0.1, -0.05) is 0 Å². The molecule has 0 bridgehead atoms. The van der Waals surface area contributed by atoms with Crippen LogP contribution in [-0.2, 0) is 6.42 Å². The summed E-state index contributed by atoms with van der Waals surface area (Å²) in [6.45, 7) is 3.83. The lowest BCUT2D eigenvalue weighted by atomic mass is 10.0. The largest absolute Gasteiger partial charge is 0.428 e. The molecule has 56 valence electrons. The molecule has 0 spiro atoms. The highest BCUT2D eigenvalue weighted by molar-refractivity contribution is 4.85. The molecule has 4 nitrogen and oxygen atoms in total. The molecular formula is C6H11N3O. The number of hydrogen-bond acceptors (Lipinski definition) is 4. The van der Waals surface area contributed by atoms with Crippen LogP contribution in [-0.4, -0.2) is 15.7 Å². The van der Waals surface area contributed by atoms with Crippen molar-refractivity contribution >= 4 is 0 Å². The van der Waals surface area contributed by atoms with Crippen molar-refractivity contribution in [1.29, 1.82) is 0 Å². The van der Waals surface area contributed by atoms with Crippen molar-refractivity contribution in [3.63, 3.8) is 0 Å². The molecule has 1 rings (SSSR count). The Morgan fingerprint density at radius 1 is 1.70 bits per heavy atom. The molecule has 2 N–H and O–H groups in total. The van der Waals surface area contributed by atoms with E-state index in [2.05, 4.69) is 10.2 Å². The van der Waals surface area contributed by atoms with E-state index < -0.39 is 0 Å². The van der Waals surface area contributed by atoms with Crippen LogP contribution in [0.15, 0.2) is 10.8 Å². The fourth-order valence-electron chi connectivity index (χ4n) is 0.663. The summed E-state index contributed by atoms with van der Waals surface area (Å²) in [6.07, 6.45) is 1.92. The third-order valence-corrected chi connectivity index (χ3v) is 1.01. The first-order chi connectivity index (χ1) is 4.58. The van der Waals surface area contributed by atoms with Crippen molar-refractivity contribution in [3.05, 3.63) is 12.3 Å². The maximum absolute atomic E-state index is 5.70. The third-order valence-electron chi connectivity index (χ3n) is 1.01. The second-order valence-corrected chi connectivity index (χ2v) is 3.00.